The summed E-state index contributed by atoms with van der Waals surface area (Å²) < 4.78 is 5.70. The van der Waals surface area contributed by atoms with Gasteiger partial charge in [-0.1, -0.05) is 50.2 Å². The third kappa shape index (κ3) is 3.97. The standard InChI is InChI=1S/C26H31O2P/c1-7-20-12-14-22(18(5)16(20)3)24-10-9-11-25(28-29-27)26(24)23-15-13-21(8-2)17(4)19(23)6/h9-15,27,29H,7-8H2,1-6H3. The Labute approximate surface area is 176 Å². The zero-order valence-electron chi connectivity index (χ0n) is 18.3. The van der Waals surface area contributed by atoms with Gasteiger partial charge in [-0.2, -0.15) is 0 Å². The van der Waals surface area contributed by atoms with Crippen LogP contribution in [0.25, 0.3) is 22.3 Å². The Balaban J connectivity index is 2.34. The minimum absolute atomic E-state index is 0.585. The maximum Gasteiger partial charge on any atom is 0.212 e. The van der Waals surface area contributed by atoms with E-state index in [0.29, 0.717) is 0 Å². The number of hydrogen-bond donors (Lipinski definition) is 1. The number of benzene rings is 3. The van der Waals surface area contributed by atoms with Gasteiger partial charge < -0.3 is 9.42 Å². The Bertz CT molecular complexity index is 1040. The van der Waals surface area contributed by atoms with Crippen LogP contribution in [0.1, 0.15) is 47.2 Å². The molecule has 0 aromatic heterocycles. The van der Waals surface area contributed by atoms with Crippen molar-refractivity contribution >= 4 is 9.03 Å². The maximum absolute atomic E-state index is 9.53. The molecule has 0 aliphatic rings. The molecule has 3 heteroatoms. The number of rotatable bonds is 6. The Kier molecular flexibility index (Phi) is 6.77. The Morgan fingerprint density at radius 2 is 1.24 bits per heavy atom. The molecular weight excluding hydrogens is 375 g/mol. The fourth-order valence-corrected chi connectivity index (χ4v) is 4.52. The molecule has 0 amide bonds. The smallest absolute Gasteiger partial charge is 0.212 e. The van der Waals surface area contributed by atoms with E-state index in [2.05, 4.69) is 71.9 Å². The van der Waals surface area contributed by atoms with Crippen molar-refractivity contribution in [1.82, 2.24) is 0 Å². The lowest BCUT2D eigenvalue weighted by Crippen LogP contribution is -1.99. The molecule has 3 aromatic rings. The van der Waals surface area contributed by atoms with Gasteiger partial charge in [-0.15, -0.1) is 0 Å². The molecule has 0 heterocycles. The maximum atomic E-state index is 9.53. The molecule has 1 unspecified atom stereocenters. The second kappa shape index (κ2) is 9.11. The second-order valence-electron chi connectivity index (χ2n) is 7.62. The van der Waals surface area contributed by atoms with Crippen molar-refractivity contribution in [3.8, 4) is 28.0 Å². The molecule has 152 valence electrons. The Morgan fingerprint density at radius 1 is 0.690 bits per heavy atom. The van der Waals surface area contributed by atoms with Crippen LogP contribution in [-0.2, 0) is 12.8 Å². The van der Waals surface area contributed by atoms with Gasteiger partial charge in [0, 0.05) is 5.56 Å². The first-order valence-corrected chi connectivity index (χ1v) is 11.2. The van der Waals surface area contributed by atoms with Gasteiger partial charge >= 0.3 is 0 Å². The molecule has 3 aromatic carbocycles. The van der Waals surface area contributed by atoms with Gasteiger partial charge in [-0.05, 0) is 96.7 Å². The van der Waals surface area contributed by atoms with Crippen molar-refractivity contribution in [3.63, 3.8) is 0 Å². The molecule has 0 radical (unpaired) electrons. The summed E-state index contributed by atoms with van der Waals surface area (Å²) in [7, 11) is -0.585. The lowest BCUT2D eigenvalue weighted by molar-refractivity contribution is 0.515. The van der Waals surface area contributed by atoms with Gasteiger partial charge in [0.25, 0.3) is 0 Å². The van der Waals surface area contributed by atoms with Crippen LogP contribution >= 0.6 is 9.03 Å². The molecule has 0 spiro atoms. The third-order valence-electron chi connectivity index (χ3n) is 6.30. The van der Waals surface area contributed by atoms with Gasteiger partial charge in [-0.3, -0.25) is 0 Å². The molecule has 1 N–H and O–H groups in total. The average molecular weight is 407 g/mol. The molecule has 0 aliphatic carbocycles. The second-order valence-corrected chi connectivity index (χ2v) is 8.01. The monoisotopic (exact) mass is 406 g/mol. The lowest BCUT2D eigenvalue weighted by atomic mass is 9.85. The summed E-state index contributed by atoms with van der Waals surface area (Å²) in [6.07, 6.45) is 2.05. The minimum atomic E-state index is -0.585. The molecule has 0 fully saturated rings. The van der Waals surface area contributed by atoms with Crippen molar-refractivity contribution < 1.29 is 9.42 Å². The topological polar surface area (TPSA) is 29.5 Å². The zero-order chi connectivity index (χ0) is 21.1. The van der Waals surface area contributed by atoms with Crippen LogP contribution in [-0.4, -0.2) is 4.89 Å². The third-order valence-corrected chi connectivity index (χ3v) is 6.61. The van der Waals surface area contributed by atoms with Crippen LogP contribution in [0, 0.1) is 27.7 Å². The quantitative estimate of drug-likeness (QED) is 0.437. The van der Waals surface area contributed by atoms with E-state index in [4.69, 9.17) is 4.52 Å². The SMILES string of the molecule is CCc1ccc(-c2cccc(OPO)c2-c2ccc(CC)c(C)c2C)c(C)c1C. The lowest BCUT2D eigenvalue weighted by Gasteiger charge is -2.21. The van der Waals surface area contributed by atoms with E-state index in [9.17, 15) is 4.89 Å². The van der Waals surface area contributed by atoms with Crippen LogP contribution in [0.5, 0.6) is 5.75 Å². The van der Waals surface area contributed by atoms with Crippen LogP contribution in [0.2, 0.25) is 0 Å². The van der Waals surface area contributed by atoms with Gasteiger partial charge in [0.1, 0.15) is 5.75 Å². The van der Waals surface area contributed by atoms with Crippen LogP contribution in [0.4, 0.5) is 0 Å². The molecule has 0 bridgehead atoms. The van der Waals surface area contributed by atoms with Crippen LogP contribution in [0.3, 0.4) is 0 Å². The Morgan fingerprint density at radius 3 is 1.79 bits per heavy atom. The predicted octanol–water partition coefficient (Wildman–Crippen LogP) is 7.26. The zero-order valence-corrected chi connectivity index (χ0v) is 19.3. The largest absolute Gasteiger partial charge is 0.449 e. The summed E-state index contributed by atoms with van der Waals surface area (Å²) in [6, 6.07) is 15.0. The van der Waals surface area contributed by atoms with E-state index >= 15 is 0 Å². The van der Waals surface area contributed by atoms with Crippen molar-refractivity contribution in [2.75, 3.05) is 0 Å². The first-order chi connectivity index (χ1) is 13.9. The minimum Gasteiger partial charge on any atom is -0.449 e. The molecule has 0 saturated carbocycles. The first-order valence-electron chi connectivity index (χ1n) is 10.3. The molecule has 29 heavy (non-hydrogen) atoms. The highest BCUT2D eigenvalue weighted by atomic mass is 31.1. The highest BCUT2D eigenvalue weighted by Crippen LogP contribution is 2.44. The van der Waals surface area contributed by atoms with Crippen molar-refractivity contribution in [1.29, 1.82) is 0 Å². The molecule has 3 rings (SSSR count). The summed E-state index contributed by atoms with van der Waals surface area (Å²) in [6.45, 7) is 13.2. The fraction of sp³-hybridized carbons (Fsp3) is 0.308. The molecular formula is C26H31O2P. The van der Waals surface area contributed by atoms with Crippen LogP contribution in [0.15, 0.2) is 42.5 Å². The molecule has 2 nitrogen and oxygen atoms in total. The Hall–Kier alpha value is -2.15. The van der Waals surface area contributed by atoms with Crippen molar-refractivity contribution in [2.24, 2.45) is 0 Å². The van der Waals surface area contributed by atoms with Crippen molar-refractivity contribution in [2.45, 2.75) is 54.4 Å². The number of aryl methyl sites for hydroxylation is 2. The van der Waals surface area contributed by atoms with E-state index in [-0.39, 0.29) is 0 Å². The van der Waals surface area contributed by atoms with Crippen LogP contribution < -0.4 is 4.52 Å². The summed E-state index contributed by atoms with van der Waals surface area (Å²) in [5, 5.41) is 0. The summed E-state index contributed by atoms with van der Waals surface area (Å²) in [5.41, 5.74) is 12.6. The van der Waals surface area contributed by atoms with Gasteiger partial charge in [-0.25, -0.2) is 0 Å². The fourth-order valence-electron chi connectivity index (χ4n) is 4.25. The predicted molar refractivity (Wildman–Crippen MR) is 126 cm³/mol. The summed E-state index contributed by atoms with van der Waals surface area (Å²) in [4.78, 5) is 9.53. The van der Waals surface area contributed by atoms with Gasteiger partial charge in [0.15, 0.2) is 0 Å². The first kappa shape index (κ1) is 21.6. The van der Waals surface area contributed by atoms with E-state index in [1.54, 1.807) is 0 Å². The highest BCUT2D eigenvalue weighted by molar-refractivity contribution is 7.25. The van der Waals surface area contributed by atoms with Crippen molar-refractivity contribution in [3.05, 3.63) is 75.8 Å². The molecule has 1 atom stereocenters. The average Bonchev–Trinajstić information content (AvgIpc) is 2.72. The summed E-state index contributed by atoms with van der Waals surface area (Å²) in [5.74, 6) is 0.728. The molecule has 0 aliphatic heterocycles. The number of hydrogen-bond acceptors (Lipinski definition) is 2. The molecule has 0 saturated heterocycles. The summed E-state index contributed by atoms with van der Waals surface area (Å²) >= 11 is 0. The van der Waals surface area contributed by atoms with E-state index in [1.165, 1.54) is 44.5 Å². The van der Waals surface area contributed by atoms with Gasteiger partial charge in [0.05, 0.1) is 0 Å². The van der Waals surface area contributed by atoms with Gasteiger partial charge in [0.2, 0.25) is 9.03 Å². The highest BCUT2D eigenvalue weighted by Gasteiger charge is 2.19. The van der Waals surface area contributed by atoms with E-state index in [1.807, 2.05) is 12.1 Å². The normalized spacial score (nSPS) is 11.4. The van der Waals surface area contributed by atoms with E-state index < -0.39 is 9.03 Å². The van der Waals surface area contributed by atoms with E-state index in [0.717, 1.165) is 29.7 Å².